The first kappa shape index (κ1) is 18.7. The Morgan fingerprint density at radius 2 is 1.78 bits per heavy atom. The lowest BCUT2D eigenvalue weighted by molar-refractivity contribution is -0.115. The predicted molar refractivity (Wildman–Crippen MR) is 104 cm³/mol. The zero-order valence-corrected chi connectivity index (χ0v) is 15.6. The van der Waals surface area contributed by atoms with Gasteiger partial charge in [0.15, 0.2) is 11.5 Å². The van der Waals surface area contributed by atoms with Gasteiger partial charge in [0.25, 0.3) is 5.91 Å². The average Bonchev–Trinajstić information content (AvgIpc) is 3.13. The van der Waals surface area contributed by atoms with Gasteiger partial charge >= 0.3 is 0 Å². The van der Waals surface area contributed by atoms with Crippen LogP contribution in [0.25, 0.3) is 11.3 Å². The number of aromatic nitrogens is 1. The first-order valence-corrected chi connectivity index (χ1v) is 8.69. The summed E-state index contributed by atoms with van der Waals surface area (Å²) in [6, 6.07) is 14.3. The van der Waals surface area contributed by atoms with Crippen LogP contribution >= 0.6 is 11.6 Å². The van der Waals surface area contributed by atoms with Crippen molar-refractivity contribution in [2.75, 3.05) is 11.9 Å². The highest BCUT2D eigenvalue weighted by molar-refractivity contribution is 6.30. The van der Waals surface area contributed by atoms with Crippen LogP contribution in [0.4, 0.5) is 5.69 Å². The molecule has 2 aromatic carbocycles. The maximum absolute atomic E-state index is 12.2. The van der Waals surface area contributed by atoms with Crippen LogP contribution in [0.1, 0.15) is 21.6 Å². The molecule has 0 aliphatic carbocycles. The molecule has 27 heavy (non-hydrogen) atoms. The molecular weight excluding hydrogens is 366 g/mol. The molecule has 0 unspecified atom stereocenters. The summed E-state index contributed by atoms with van der Waals surface area (Å²) in [6.07, 6.45) is 0. The van der Waals surface area contributed by atoms with Gasteiger partial charge in [-0.15, -0.1) is 0 Å². The smallest absolute Gasteiger partial charge is 0.273 e. The number of amides is 2. The number of carbonyl (C=O) groups excluding carboxylic acids is 2. The number of benzene rings is 2. The molecule has 1 aromatic heterocycles. The Kier molecular flexibility index (Phi) is 5.57. The van der Waals surface area contributed by atoms with Gasteiger partial charge in [0.1, 0.15) is 0 Å². The minimum absolute atomic E-state index is 0.0878. The number of nitrogens with one attached hydrogen (secondary N) is 2. The SMILES string of the molecule is Cc1cccc(C)c1NC(=O)CNC(=O)c1cc(-c2cccc(Cl)c2)on1. The Morgan fingerprint density at radius 1 is 1.07 bits per heavy atom. The molecule has 0 fully saturated rings. The van der Waals surface area contributed by atoms with Gasteiger partial charge in [-0.1, -0.05) is 47.1 Å². The molecule has 2 N–H and O–H groups in total. The number of hydrogen-bond donors (Lipinski definition) is 2. The van der Waals surface area contributed by atoms with Crippen molar-refractivity contribution >= 4 is 29.1 Å². The van der Waals surface area contributed by atoms with E-state index in [1.165, 1.54) is 6.07 Å². The van der Waals surface area contributed by atoms with E-state index in [2.05, 4.69) is 15.8 Å². The maximum atomic E-state index is 12.2. The van der Waals surface area contributed by atoms with E-state index in [1.54, 1.807) is 24.3 Å². The van der Waals surface area contributed by atoms with E-state index in [1.807, 2.05) is 32.0 Å². The van der Waals surface area contributed by atoms with E-state index in [-0.39, 0.29) is 18.1 Å². The van der Waals surface area contributed by atoms with Gasteiger partial charge in [-0.3, -0.25) is 9.59 Å². The third-order valence-electron chi connectivity index (χ3n) is 4.01. The van der Waals surface area contributed by atoms with Crippen LogP contribution in [0, 0.1) is 13.8 Å². The number of aryl methyl sites for hydroxylation is 2. The average molecular weight is 384 g/mol. The second-order valence-corrected chi connectivity index (χ2v) is 6.52. The zero-order valence-electron chi connectivity index (χ0n) is 14.9. The molecule has 0 aliphatic rings. The monoisotopic (exact) mass is 383 g/mol. The van der Waals surface area contributed by atoms with E-state index in [4.69, 9.17) is 16.1 Å². The predicted octanol–water partition coefficient (Wildman–Crippen LogP) is 3.98. The fraction of sp³-hybridized carbons (Fsp3) is 0.150. The van der Waals surface area contributed by atoms with E-state index in [0.29, 0.717) is 16.3 Å². The Hall–Kier alpha value is -3.12. The first-order valence-electron chi connectivity index (χ1n) is 8.31. The molecule has 0 saturated heterocycles. The Bertz CT molecular complexity index is 977. The van der Waals surface area contributed by atoms with Crippen molar-refractivity contribution < 1.29 is 14.1 Å². The van der Waals surface area contributed by atoms with E-state index in [0.717, 1.165) is 16.8 Å². The summed E-state index contributed by atoms with van der Waals surface area (Å²) in [6.45, 7) is 3.65. The molecule has 0 aliphatic heterocycles. The van der Waals surface area contributed by atoms with Crippen molar-refractivity contribution in [3.63, 3.8) is 0 Å². The topological polar surface area (TPSA) is 84.2 Å². The van der Waals surface area contributed by atoms with E-state index in [9.17, 15) is 9.59 Å². The largest absolute Gasteiger partial charge is 0.355 e. The standard InChI is InChI=1S/C20H18ClN3O3/c1-12-5-3-6-13(2)19(12)23-18(25)11-22-20(26)16-10-17(27-24-16)14-7-4-8-15(21)9-14/h3-10H,11H2,1-2H3,(H,22,26)(H,23,25). The minimum Gasteiger partial charge on any atom is -0.355 e. The highest BCUT2D eigenvalue weighted by Crippen LogP contribution is 2.23. The summed E-state index contributed by atoms with van der Waals surface area (Å²) in [7, 11) is 0. The highest BCUT2D eigenvalue weighted by atomic mass is 35.5. The molecule has 0 bridgehead atoms. The highest BCUT2D eigenvalue weighted by Gasteiger charge is 2.15. The second-order valence-electron chi connectivity index (χ2n) is 6.08. The van der Waals surface area contributed by atoms with Crippen molar-refractivity contribution in [3.05, 3.63) is 70.4 Å². The third-order valence-corrected chi connectivity index (χ3v) is 4.24. The number of nitrogens with zero attached hydrogens (tertiary/aromatic N) is 1. The summed E-state index contributed by atoms with van der Waals surface area (Å²) in [5.74, 6) is -0.398. The van der Waals surface area contributed by atoms with Crippen LogP contribution < -0.4 is 10.6 Å². The molecule has 0 atom stereocenters. The molecule has 138 valence electrons. The van der Waals surface area contributed by atoms with Crippen LogP contribution in [-0.2, 0) is 4.79 Å². The summed E-state index contributed by atoms with van der Waals surface area (Å²) >= 11 is 5.95. The zero-order chi connectivity index (χ0) is 19.4. The van der Waals surface area contributed by atoms with Crippen LogP contribution in [-0.4, -0.2) is 23.5 Å². The maximum Gasteiger partial charge on any atom is 0.273 e. The summed E-state index contributed by atoms with van der Waals surface area (Å²) in [5, 5.41) is 9.65. The molecule has 3 rings (SSSR count). The van der Waals surface area contributed by atoms with E-state index < -0.39 is 5.91 Å². The molecule has 0 spiro atoms. The van der Waals surface area contributed by atoms with Gasteiger partial charge < -0.3 is 15.2 Å². The van der Waals surface area contributed by atoms with Crippen molar-refractivity contribution in [2.24, 2.45) is 0 Å². The first-order chi connectivity index (χ1) is 12.9. The van der Waals surface area contributed by atoms with Crippen LogP contribution in [0.5, 0.6) is 0 Å². The van der Waals surface area contributed by atoms with Crippen molar-refractivity contribution in [1.82, 2.24) is 10.5 Å². The van der Waals surface area contributed by atoms with Crippen molar-refractivity contribution in [3.8, 4) is 11.3 Å². The molecule has 2 amide bonds. The van der Waals surface area contributed by atoms with Gasteiger partial charge in [-0.2, -0.15) is 0 Å². The number of rotatable bonds is 5. The molecule has 0 radical (unpaired) electrons. The van der Waals surface area contributed by atoms with Crippen LogP contribution in [0.2, 0.25) is 5.02 Å². The lowest BCUT2D eigenvalue weighted by Crippen LogP contribution is -2.33. The number of carbonyl (C=O) groups is 2. The summed E-state index contributed by atoms with van der Waals surface area (Å²) in [4.78, 5) is 24.3. The second kappa shape index (κ2) is 8.05. The Balaban J connectivity index is 1.60. The third kappa shape index (κ3) is 4.54. The van der Waals surface area contributed by atoms with Crippen LogP contribution in [0.15, 0.2) is 53.1 Å². The lowest BCUT2D eigenvalue weighted by atomic mass is 10.1. The molecule has 3 aromatic rings. The quantitative estimate of drug-likeness (QED) is 0.698. The van der Waals surface area contributed by atoms with Gasteiger partial charge in [0.05, 0.1) is 6.54 Å². The molecular formula is C20H18ClN3O3. The Labute approximate surface area is 161 Å². The van der Waals surface area contributed by atoms with E-state index >= 15 is 0 Å². The summed E-state index contributed by atoms with van der Waals surface area (Å²) < 4.78 is 5.19. The molecule has 1 heterocycles. The van der Waals surface area contributed by atoms with Crippen molar-refractivity contribution in [1.29, 1.82) is 0 Å². The fourth-order valence-electron chi connectivity index (χ4n) is 2.61. The molecule has 0 saturated carbocycles. The normalized spacial score (nSPS) is 10.5. The molecule has 6 nitrogen and oxygen atoms in total. The van der Waals surface area contributed by atoms with Gasteiger partial charge in [0, 0.05) is 22.3 Å². The summed E-state index contributed by atoms with van der Waals surface area (Å²) in [5.41, 5.74) is 3.46. The van der Waals surface area contributed by atoms with Crippen LogP contribution in [0.3, 0.4) is 0 Å². The number of para-hydroxylation sites is 1. The fourth-order valence-corrected chi connectivity index (χ4v) is 2.80. The van der Waals surface area contributed by atoms with Gasteiger partial charge in [-0.05, 0) is 37.1 Å². The minimum atomic E-state index is -0.497. The number of hydrogen-bond acceptors (Lipinski definition) is 4. The lowest BCUT2D eigenvalue weighted by Gasteiger charge is -2.11. The molecule has 7 heteroatoms. The number of anilines is 1. The Morgan fingerprint density at radius 3 is 2.48 bits per heavy atom. The number of halogens is 1. The van der Waals surface area contributed by atoms with Gasteiger partial charge in [-0.25, -0.2) is 0 Å². The van der Waals surface area contributed by atoms with Crippen molar-refractivity contribution in [2.45, 2.75) is 13.8 Å². The van der Waals surface area contributed by atoms with Gasteiger partial charge in [0.2, 0.25) is 5.91 Å².